The van der Waals surface area contributed by atoms with Crippen molar-refractivity contribution in [2.45, 2.75) is 70.5 Å². The van der Waals surface area contributed by atoms with Gasteiger partial charge in [-0.1, -0.05) is 68.4 Å². The highest BCUT2D eigenvalue weighted by molar-refractivity contribution is 5.75. The lowest BCUT2D eigenvalue weighted by Gasteiger charge is -2.10. The Kier molecular flexibility index (Phi) is 15.7. The van der Waals surface area contributed by atoms with Crippen molar-refractivity contribution in [1.82, 2.24) is 4.90 Å². The molecule has 4 heteroatoms. The van der Waals surface area contributed by atoms with Crippen LogP contribution in [0.4, 0.5) is 0 Å². The molecule has 0 aliphatic carbocycles. The third-order valence-electron chi connectivity index (χ3n) is 3.91. The summed E-state index contributed by atoms with van der Waals surface area (Å²) in [5, 5.41) is 19.6. The molecule has 0 spiro atoms. The molecule has 2 N–H and O–H groups in total. The van der Waals surface area contributed by atoms with Crippen LogP contribution in [0, 0.1) is 0 Å². The van der Waals surface area contributed by atoms with Crippen LogP contribution in [0.1, 0.15) is 58.3 Å². The molecule has 1 amide bonds. The summed E-state index contributed by atoms with van der Waals surface area (Å²) < 4.78 is 0. The van der Waals surface area contributed by atoms with Crippen LogP contribution >= 0.6 is 0 Å². The van der Waals surface area contributed by atoms with E-state index in [9.17, 15) is 15.0 Å². The van der Waals surface area contributed by atoms with Crippen molar-refractivity contribution in [3.05, 3.63) is 48.6 Å². The van der Waals surface area contributed by atoms with Crippen molar-refractivity contribution >= 4 is 5.91 Å². The van der Waals surface area contributed by atoms with Gasteiger partial charge in [-0.25, -0.2) is 0 Å². The molecule has 0 saturated carbocycles. The van der Waals surface area contributed by atoms with Gasteiger partial charge in [-0.2, -0.15) is 0 Å². The monoisotopic (exact) mass is 363 g/mol. The molecule has 0 aliphatic rings. The SMILES string of the molecule is CCCCC/C=C\C[C@H](O)/C=C/C=C\C=C\[C@H](O)CCCC(=O)N(C)C. The molecule has 0 fully saturated rings. The minimum Gasteiger partial charge on any atom is -0.389 e. The maximum Gasteiger partial charge on any atom is 0.222 e. The molecule has 0 unspecified atom stereocenters. The van der Waals surface area contributed by atoms with Gasteiger partial charge in [0.2, 0.25) is 5.91 Å². The Hall–Kier alpha value is -1.65. The van der Waals surface area contributed by atoms with Gasteiger partial charge >= 0.3 is 0 Å². The van der Waals surface area contributed by atoms with Gasteiger partial charge in [-0.15, -0.1) is 0 Å². The van der Waals surface area contributed by atoms with Crippen LogP contribution in [0.2, 0.25) is 0 Å². The second-order valence-corrected chi connectivity index (χ2v) is 6.67. The summed E-state index contributed by atoms with van der Waals surface area (Å²) in [6.07, 6.45) is 21.0. The minimum absolute atomic E-state index is 0.0839. The van der Waals surface area contributed by atoms with Gasteiger partial charge in [0.25, 0.3) is 0 Å². The first-order valence-corrected chi connectivity index (χ1v) is 9.70. The molecule has 0 aromatic carbocycles. The van der Waals surface area contributed by atoms with Crippen molar-refractivity contribution in [1.29, 1.82) is 0 Å². The molecule has 0 aromatic heterocycles. The van der Waals surface area contributed by atoms with Gasteiger partial charge in [0.15, 0.2) is 0 Å². The normalized spacial score (nSPS) is 14.8. The summed E-state index contributed by atoms with van der Waals surface area (Å²) in [4.78, 5) is 13.0. The highest BCUT2D eigenvalue weighted by atomic mass is 16.3. The fourth-order valence-corrected chi connectivity index (χ4v) is 2.24. The zero-order chi connectivity index (χ0) is 19.6. The van der Waals surface area contributed by atoms with Crippen LogP contribution in [0.25, 0.3) is 0 Å². The molecular formula is C22H37NO3. The average molecular weight is 364 g/mol. The van der Waals surface area contributed by atoms with E-state index in [1.54, 1.807) is 37.2 Å². The molecule has 0 aromatic rings. The number of carbonyl (C=O) groups excluding carboxylic acids is 1. The molecule has 0 aliphatic heterocycles. The van der Waals surface area contributed by atoms with Gasteiger partial charge in [-0.05, 0) is 32.1 Å². The third-order valence-corrected chi connectivity index (χ3v) is 3.91. The molecule has 2 atom stereocenters. The van der Waals surface area contributed by atoms with Crippen molar-refractivity contribution < 1.29 is 15.0 Å². The van der Waals surface area contributed by atoms with Gasteiger partial charge in [0.05, 0.1) is 12.2 Å². The zero-order valence-electron chi connectivity index (χ0n) is 16.7. The number of hydrogen-bond acceptors (Lipinski definition) is 3. The highest BCUT2D eigenvalue weighted by Crippen LogP contribution is 2.04. The molecule has 148 valence electrons. The third kappa shape index (κ3) is 15.9. The van der Waals surface area contributed by atoms with Crippen LogP contribution in [0.3, 0.4) is 0 Å². The number of hydrogen-bond donors (Lipinski definition) is 2. The smallest absolute Gasteiger partial charge is 0.222 e. The second kappa shape index (κ2) is 16.8. The summed E-state index contributed by atoms with van der Waals surface area (Å²) in [5.74, 6) is 0.0839. The van der Waals surface area contributed by atoms with Gasteiger partial charge in [0, 0.05) is 20.5 Å². The molecule has 0 heterocycles. The predicted octanol–water partition coefficient (Wildman–Crippen LogP) is 4.16. The van der Waals surface area contributed by atoms with Crippen molar-refractivity contribution in [2.75, 3.05) is 14.1 Å². The van der Waals surface area contributed by atoms with E-state index in [1.165, 1.54) is 19.3 Å². The molecule has 0 bridgehead atoms. The topological polar surface area (TPSA) is 60.8 Å². The molecule has 0 radical (unpaired) electrons. The van der Waals surface area contributed by atoms with E-state index >= 15 is 0 Å². The van der Waals surface area contributed by atoms with Crippen LogP contribution in [0.15, 0.2) is 48.6 Å². The van der Waals surface area contributed by atoms with E-state index in [-0.39, 0.29) is 5.91 Å². The van der Waals surface area contributed by atoms with E-state index in [4.69, 9.17) is 0 Å². The summed E-state index contributed by atoms with van der Waals surface area (Å²) in [6.45, 7) is 2.19. The number of carbonyl (C=O) groups is 1. The average Bonchev–Trinajstić information content (AvgIpc) is 2.60. The van der Waals surface area contributed by atoms with E-state index in [2.05, 4.69) is 13.0 Å². The molecule has 0 rings (SSSR count). The summed E-state index contributed by atoms with van der Waals surface area (Å²) in [5.41, 5.74) is 0. The van der Waals surface area contributed by atoms with Gasteiger partial charge in [-0.3, -0.25) is 4.79 Å². The van der Waals surface area contributed by atoms with Crippen molar-refractivity contribution in [2.24, 2.45) is 0 Å². The Morgan fingerprint density at radius 2 is 1.58 bits per heavy atom. The number of aliphatic hydroxyl groups is 2. The number of unbranched alkanes of at least 4 members (excludes halogenated alkanes) is 3. The summed E-state index contributed by atoms with van der Waals surface area (Å²) in [7, 11) is 3.47. The second-order valence-electron chi connectivity index (χ2n) is 6.67. The van der Waals surface area contributed by atoms with E-state index in [1.807, 2.05) is 24.3 Å². The van der Waals surface area contributed by atoms with Crippen molar-refractivity contribution in [3.63, 3.8) is 0 Å². The number of amides is 1. The van der Waals surface area contributed by atoms with Gasteiger partial charge < -0.3 is 15.1 Å². The zero-order valence-corrected chi connectivity index (χ0v) is 16.7. The first kappa shape index (κ1) is 24.4. The first-order chi connectivity index (χ1) is 12.5. The van der Waals surface area contributed by atoms with Crippen LogP contribution in [-0.4, -0.2) is 47.3 Å². The highest BCUT2D eigenvalue weighted by Gasteiger charge is 2.05. The van der Waals surface area contributed by atoms with E-state index < -0.39 is 12.2 Å². The Balaban J connectivity index is 3.86. The first-order valence-electron chi connectivity index (χ1n) is 9.70. The van der Waals surface area contributed by atoms with Crippen molar-refractivity contribution in [3.8, 4) is 0 Å². The fourth-order valence-electron chi connectivity index (χ4n) is 2.24. The maximum atomic E-state index is 11.4. The lowest BCUT2D eigenvalue weighted by molar-refractivity contribution is -0.128. The molecular weight excluding hydrogens is 326 g/mol. The van der Waals surface area contributed by atoms with Crippen LogP contribution in [-0.2, 0) is 4.79 Å². The van der Waals surface area contributed by atoms with E-state index in [0.717, 1.165) is 6.42 Å². The Morgan fingerprint density at radius 3 is 2.19 bits per heavy atom. The number of rotatable bonds is 14. The largest absolute Gasteiger partial charge is 0.389 e. The molecule has 0 saturated heterocycles. The Morgan fingerprint density at radius 1 is 0.923 bits per heavy atom. The number of nitrogens with zero attached hydrogens (tertiary/aromatic N) is 1. The summed E-state index contributed by atoms with van der Waals surface area (Å²) >= 11 is 0. The maximum absolute atomic E-state index is 11.4. The lowest BCUT2D eigenvalue weighted by Crippen LogP contribution is -2.21. The van der Waals surface area contributed by atoms with Crippen LogP contribution in [0.5, 0.6) is 0 Å². The fraction of sp³-hybridized carbons (Fsp3) is 0.591. The number of allylic oxidation sites excluding steroid dienone is 5. The van der Waals surface area contributed by atoms with Crippen LogP contribution < -0.4 is 0 Å². The Bertz CT molecular complexity index is 464. The quantitative estimate of drug-likeness (QED) is 0.277. The molecule has 4 nitrogen and oxygen atoms in total. The standard InChI is InChI=1S/C22H37NO3/c1-4-5-6-7-8-11-15-20(24)16-12-9-10-13-17-21(25)18-14-19-22(26)23(2)3/h8-13,16-17,20-21,24-25H,4-7,14-15,18-19H2,1-3H3/b10-9-,11-8-,16-12+,17-13+/t20-,21-/m0/s1. The Labute approximate surface area is 159 Å². The minimum atomic E-state index is -0.540. The van der Waals surface area contributed by atoms with E-state index in [0.29, 0.717) is 25.7 Å². The summed E-state index contributed by atoms with van der Waals surface area (Å²) in [6, 6.07) is 0. The molecule has 26 heavy (non-hydrogen) atoms. The number of aliphatic hydroxyl groups excluding tert-OH is 2. The lowest BCUT2D eigenvalue weighted by atomic mass is 10.1. The predicted molar refractivity (Wildman–Crippen MR) is 110 cm³/mol. The van der Waals surface area contributed by atoms with Gasteiger partial charge in [0.1, 0.15) is 0 Å².